The number of aliphatic hydroxyl groups is 5. The van der Waals surface area contributed by atoms with Gasteiger partial charge in [-0.15, -0.1) is 0 Å². The summed E-state index contributed by atoms with van der Waals surface area (Å²) in [5.41, 5.74) is 0. The zero-order valence-electron chi connectivity index (χ0n) is 32.9. The number of allylic oxidation sites excluding steroid dienone is 1. The highest BCUT2D eigenvalue weighted by atomic mass is 16.7. The maximum absolute atomic E-state index is 12.9. The Bertz CT molecular complexity index is 812. The largest absolute Gasteiger partial charge is 0.394 e. The molecule has 9 nitrogen and oxygen atoms in total. The molecule has 0 radical (unpaired) electrons. The lowest BCUT2D eigenvalue weighted by atomic mass is 9.99. The number of hydrogen-bond acceptors (Lipinski definition) is 8. The van der Waals surface area contributed by atoms with Gasteiger partial charge in [0.1, 0.15) is 24.4 Å². The third-order valence-electron chi connectivity index (χ3n) is 10.4. The van der Waals surface area contributed by atoms with Gasteiger partial charge in [0.15, 0.2) is 6.29 Å². The number of carbonyl (C=O) groups excluding carboxylic acids is 1. The van der Waals surface area contributed by atoms with Crippen molar-refractivity contribution in [1.82, 2.24) is 5.32 Å². The van der Waals surface area contributed by atoms with Crippen molar-refractivity contribution in [2.24, 2.45) is 0 Å². The Morgan fingerprint density at radius 3 is 1.53 bits per heavy atom. The molecule has 1 fully saturated rings. The van der Waals surface area contributed by atoms with Crippen LogP contribution in [0.25, 0.3) is 0 Å². The molecular formula is C42H81NO8. The van der Waals surface area contributed by atoms with E-state index in [1.807, 2.05) is 6.08 Å². The Kier molecular flexibility index (Phi) is 31.5. The molecule has 1 rings (SSSR count). The second kappa shape index (κ2) is 33.5. The molecule has 1 heterocycles. The molecule has 0 bridgehead atoms. The SMILES string of the molecule is CCCCCCCCCCCCC/C=C\C(O)C(CO[C@@H]1O[C@H](CO)[C@H](O)[C@H](O)[C@H]1O)NC(=O)CCCCCCCCCCCCCCCCC. The Morgan fingerprint density at radius 1 is 0.647 bits per heavy atom. The number of nitrogens with one attached hydrogen (secondary N) is 1. The van der Waals surface area contributed by atoms with Crippen LogP contribution in [-0.2, 0) is 14.3 Å². The fraction of sp³-hybridized carbons (Fsp3) is 0.929. The van der Waals surface area contributed by atoms with E-state index in [0.717, 1.165) is 38.5 Å². The van der Waals surface area contributed by atoms with E-state index in [4.69, 9.17) is 9.47 Å². The van der Waals surface area contributed by atoms with Crippen LogP contribution in [0, 0.1) is 0 Å². The molecule has 0 spiro atoms. The molecule has 1 amide bonds. The third kappa shape index (κ3) is 24.8. The van der Waals surface area contributed by atoms with Gasteiger partial charge >= 0.3 is 0 Å². The van der Waals surface area contributed by atoms with Crippen molar-refractivity contribution in [3.8, 4) is 0 Å². The number of carbonyl (C=O) groups is 1. The molecule has 7 atom stereocenters. The summed E-state index contributed by atoms with van der Waals surface area (Å²) in [5.74, 6) is -0.176. The van der Waals surface area contributed by atoms with E-state index in [1.165, 1.54) is 135 Å². The molecule has 2 unspecified atom stereocenters. The lowest BCUT2D eigenvalue weighted by molar-refractivity contribution is -0.302. The number of rotatable bonds is 35. The minimum atomic E-state index is -1.56. The number of amides is 1. The number of hydrogen-bond donors (Lipinski definition) is 6. The Labute approximate surface area is 312 Å². The molecule has 0 aliphatic carbocycles. The van der Waals surface area contributed by atoms with Gasteiger partial charge in [0.25, 0.3) is 0 Å². The average molecular weight is 728 g/mol. The molecule has 0 aromatic heterocycles. The van der Waals surface area contributed by atoms with Crippen molar-refractivity contribution < 1.29 is 39.8 Å². The van der Waals surface area contributed by atoms with E-state index in [0.29, 0.717) is 6.42 Å². The summed E-state index contributed by atoms with van der Waals surface area (Å²) in [6.45, 7) is 3.76. The Morgan fingerprint density at radius 2 is 1.08 bits per heavy atom. The third-order valence-corrected chi connectivity index (χ3v) is 10.4. The van der Waals surface area contributed by atoms with Gasteiger partial charge in [0, 0.05) is 6.42 Å². The molecule has 1 saturated heterocycles. The van der Waals surface area contributed by atoms with E-state index in [1.54, 1.807) is 6.08 Å². The first-order valence-corrected chi connectivity index (χ1v) is 21.4. The molecule has 1 aliphatic heterocycles. The monoisotopic (exact) mass is 728 g/mol. The summed E-state index contributed by atoms with van der Waals surface area (Å²) in [7, 11) is 0. The van der Waals surface area contributed by atoms with Gasteiger partial charge in [-0.1, -0.05) is 180 Å². The van der Waals surface area contributed by atoms with Crippen molar-refractivity contribution >= 4 is 5.91 Å². The molecule has 6 N–H and O–H groups in total. The summed E-state index contributed by atoms with van der Waals surface area (Å²) >= 11 is 0. The van der Waals surface area contributed by atoms with E-state index >= 15 is 0 Å². The van der Waals surface area contributed by atoms with Crippen molar-refractivity contribution in [2.45, 2.75) is 236 Å². The standard InChI is InChI=1S/C42H81NO8/c1-3-5-7-9-11-13-15-17-18-20-22-24-26-28-30-32-38(46)43-35(34-50-42-41(49)40(48)39(47)37(33-44)51-42)36(45)31-29-27-25-23-21-19-16-14-12-10-8-6-4-2/h29,31,35-37,39-42,44-45,47-49H,3-28,30,32-34H2,1-2H3,(H,43,46)/b31-29-/t35?,36?,37-,39+,40+,41-,42-/m1/s1. The minimum absolute atomic E-state index is 0.176. The first kappa shape index (κ1) is 48.0. The second-order valence-corrected chi connectivity index (χ2v) is 15.1. The van der Waals surface area contributed by atoms with Crippen LogP contribution >= 0.6 is 0 Å². The van der Waals surface area contributed by atoms with Crippen LogP contribution in [0.3, 0.4) is 0 Å². The van der Waals surface area contributed by atoms with Crippen LogP contribution in [0.15, 0.2) is 12.2 Å². The molecule has 1 aliphatic rings. The van der Waals surface area contributed by atoms with Crippen molar-refractivity contribution in [3.05, 3.63) is 12.2 Å². The highest BCUT2D eigenvalue weighted by Crippen LogP contribution is 2.22. The van der Waals surface area contributed by atoms with Gasteiger partial charge in [-0.05, 0) is 19.3 Å². The molecule has 302 valence electrons. The predicted octanol–water partition coefficient (Wildman–Crippen LogP) is 8.17. The van der Waals surface area contributed by atoms with E-state index < -0.39 is 49.5 Å². The lowest BCUT2D eigenvalue weighted by Crippen LogP contribution is -2.60. The molecule has 51 heavy (non-hydrogen) atoms. The van der Waals surface area contributed by atoms with Crippen molar-refractivity contribution in [1.29, 1.82) is 0 Å². The van der Waals surface area contributed by atoms with Crippen LogP contribution in [-0.4, -0.2) is 87.5 Å². The summed E-state index contributed by atoms with van der Waals surface area (Å²) in [6, 6.07) is -0.796. The highest BCUT2D eigenvalue weighted by molar-refractivity contribution is 5.76. The predicted molar refractivity (Wildman–Crippen MR) is 207 cm³/mol. The van der Waals surface area contributed by atoms with Crippen molar-refractivity contribution in [2.75, 3.05) is 13.2 Å². The normalized spacial score (nSPS) is 22.1. The van der Waals surface area contributed by atoms with E-state index in [-0.39, 0.29) is 12.5 Å². The second-order valence-electron chi connectivity index (χ2n) is 15.1. The topological polar surface area (TPSA) is 149 Å². The van der Waals surface area contributed by atoms with Gasteiger partial charge in [0.2, 0.25) is 5.91 Å². The van der Waals surface area contributed by atoms with Crippen LogP contribution in [0.5, 0.6) is 0 Å². The van der Waals surface area contributed by atoms with Gasteiger partial charge in [-0.3, -0.25) is 4.79 Å². The van der Waals surface area contributed by atoms with Crippen LogP contribution in [0.2, 0.25) is 0 Å². The summed E-state index contributed by atoms with van der Waals surface area (Å²) < 4.78 is 11.2. The summed E-state index contributed by atoms with van der Waals surface area (Å²) in [4.78, 5) is 12.9. The summed E-state index contributed by atoms with van der Waals surface area (Å²) in [5, 5.41) is 54.0. The fourth-order valence-corrected chi connectivity index (χ4v) is 6.86. The quantitative estimate of drug-likeness (QED) is 0.0283. The van der Waals surface area contributed by atoms with Gasteiger partial charge < -0.3 is 40.3 Å². The zero-order chi connectivity index (χ0) is 37.4. The average Bonchev–Trinajstić information content (AvgIpc) is 3.13. The smallest absolute Gasteiger partial charge is 0.220 e. The molecular weight excluding hydrogens is 646 g/mol. The van der Waals surface area contributed by atoms with E-state index in [9.17, 15) is 30.3 Å². The van der Waals surface area contributed by atoms with Crippen LogP contribution in [0.1, 0.15) is 194 Å². The number of ether oxygens (including phenoxy) is 2. The highest BCUT2D eigenvalue weighted by Gasteiger charge is 2.44. The van der Waals surface area contributed by atoms with Crippen molar-refractivity contribution in [3.63, 3.8) is 0 Å². The van der Waals surface area contributed by atoms with Gasteiger partial charge in [-0.25, -0.2) is 0 Å². The van der Waals surface area contributed by atoms with Gasteiger partial charge in [-0.2, -0.15) is 0 Å². The first-order valence-electron chi connectivity index (χ1n) is 21.4. The molecule has 0 saturated carbocycles. The van der Waals surface area contributed by atoms with Crippen LogP contribution in [0.4, 0.5) is 0 Å². The maximum Gasteiger partial charge on any atom is 0.220 e. The minimum Gasteiger partial charge on any atom is -0.394 e. The van der Waals surface area contributed by atoms with E-state index in [2.05, 4.69) is 19.2 Å². The molecule has 0 aromatic rings. The molecule has 0 aromatic carbocycles. The Hall–Kier alpha value is -1.07. The summed E-state index contributed by atoms with van der Waals surface area (Å²) in [6.07, 6.45) is 29.6. The molecule has 9 heteroatoms. The van der Waals surface area contributed by atoms with Gasteiger partial charge in [0.05, 0.1) is 25.4 Å². The fourth-order valence-electron chi connectivity index (χ4n) is 6.86. The maximum atomic E-state index is 12.9. The number of unbranched alkanes of at least 4 members (excludes halogenated alkanes) is 25. The Balaban J connectivity index is 2.39. The first-order chi connectivity index (χ1) is 24.8. The van der Waals surface area contributed by atoms with Crippen LogP contribution < -0.4 is 5.32 Å². The zero-order valence-corrected chi connectivity index (χ0v) is 32.9. The number of aliphatic hydroxyl groups excluding tert-OH is 5. The lowest BCUT2D eigenvalue weighted by Gasteiger charge is -2.40.